The Morgan fingerprint density at radius 3 is 3.00 bits per heavy atom. The molecule has 0 bridgehead atoms. The van der Waals surface area contributed by atoms with Crippen LogP contribution in [0.5, 0.6) is 0 Å². The Kier molecular flexibility index (Phi) is 2.33. The predicted molar refractivity (Wildman–Crippen MR) is 70.3 cm³/mol. The maximum absolute atomic E-state index is 3.66. The number of thiophene rings is 1. The van der Waals surface area contributed by atoms with Gasteiger partial charge in [-0.05, 0) is 26.0 Å². The number of likely N-dealkylation sites (N-methyl/N-ethyl adjacent to an activating group) is 1. The van der Waals surface area contributed by atoms with Gasteiger partial charge in [0.2, 0.25) is 0 Å². The van der Waals surface area contributed by atoms with Crippen molar-refractivity contribution in [1.82, 2.24) is 9.88 Å². The average Bonchev–Trinajstić information content (AvgIpc) is 2.73. The number of aromatic nitrogens is 1. The van der Waals surface area contributed by atoms with E-state index in [4.69, 9.17) is 0 Å². The van der Waals surface area contributed by atoms with Gasteiger partial charge in [0.25, 0.3) is 0 Å². The molecular weight excluding hydrogens is 216 g/mol. The molecule has 0 fully saturated rings. The van der Waals surface area contributed by atoms with Gasteiger partial charge < -0.3 is 9.88 Å². The molecule has 2 nitrogen and oxygen atoms in total. The number of aromatic amines is 1. The van der Waals surface area contributed by atoms with Gasteiger partial charge in [-0.15, -0.1) is 11.3 Å². The fourth-order valence-electron chi connectivity index (χ4n) is 2.74. The summed E-state index contributed by atoms with van der Waals surface area (Å²) in [5.74, 6) is 0. The molecule has 0 atom stereocenters. The van der Waals surface area contributed by atoms with Crippen molar-refractivity contribution in [3.05, 3.63) is 21.7 Å². The van der Waals surface area contributed by atoms with Gasteiger partial charge in [0.1, 0.15) is 0 Å². The topological polar surface area (TPSA) is 19.0 Å². The first-order valence-electron chi connectivity index (χ1n) is 6.01. The van der Waals surface area contributed by atoms with Crippen LogP contribution in [0.3, 0.4) is 0 Å². The van der Waals surface area contributed by atoms with Gasteiger partial charge in [0.05, 0.1) is 10.2 Å². The molecule has 3 rings (SSSR count). The zero-order valence-corrected chi connectivity index (χ0v) is 11.0. The highest BCUT2D eigenvalue weighted by molar-refractivity contribution is 7.19. The molecule has 0 aromatic carbocycles. The van der Waals surface area contributed by atoms with Crippen molar-refractivity contribution in [1.29, 1.82) is 0 Å². The van der Waals surface area contributed by atoms with E-state index in [2.05, 4.69) is 30.8 Å². The zero-order chi connectivity index (χ0) is 11.3. The molecule has 0 amide bonds. The van der Waals surface area contributed by atoms with E-state index in [0.29, 0.717) is 0 Å². The molecule has 3 heterocycles. The van der Waals surface area contributed by atoms with E-state index in [1.54, 1.807) is 5.56 Å². The predicted octanol–water partition coefficient (Wildman–Crippen LogP) is 3.09. The zero-order valence-electron chi connectivity index (χ0n) is 10.2. The van der Waals surface area contributed by atoms with Crippen LogP contribution in [0.1, 0.15) is 28.6 Å². The third-order valence-corrected chi connectivity index (χ3v) is 4.86. The lowest BCUT2D eigenvalue weighted by Gasteiger charge is -2.22. The second-order valence-electron chi connectivity index (χ2n) is 4.76. The van der Waals surface area contributed by atoms with Crippen LogP contribution in [0, 0.1) is 6.92 Å². The van der Waals surface area contributed by atoms with E-state index < -0.39 is 0 Å². The highest BCUT2D eigenvalue weighted by Crippen LogP contribution is 2.37. The van der Waals surface area contributed by atoms with Crippen molar-refractivity contribution in [2.75, 3.05) is 13.6 Å². The molecule has 0 radical (unpaired) electrons. The van der Waals surface area contributed by atoms with Gasteiger partial charge in [0, 0.05) is 35.6 Å². The number of nitrogens with zero attached hydrogens (tertiary/aromatic N) is 1. The summed E-state index contributed by atoms with van der Waals surface area (Å²) in [6, 6.07) is 0. The molecule has 0 saturated heterocycles. The second kappa shape index (κ2) is 3.60. The lowest BCUT2D eigenvalue weighted by atomic mass is 10.1. The number of nitrogens with one attached hydrogen (secondary N) is 1. The lowest BCUT2D eigenvalue weighted by molar-refractivity contribution is 0.313. The molecule has 2 aromatic heterocycles. The summed E-state index contributed by atoms with van der Waals surface area (Å²) >= 11 is 1.97. The monoisotopic (exact) mass is 234 g/mol. The Bertz CT molecular complexity index is 536. The van der Waals surface area contributed by atoms with Gasteiger partial charge >= 0.3 is 0 Å². The number of H-pyrrole nitrogens is 1. The van der Waals surface area contributed by atoms with Crippen LogP contribution in [0.15, 0.2) is 0 Å². The van der Waals surface area contributed by atoms with Gasteiger partial charge in [-0.3, -0.25) is 0 Å². The molecule has 1 aliphatic rings. The van der Waals surface area contributed by atoms with E-state index in [1.807, 2.05) is 11.3 Å². The fraction of sp³-hybridized carbons (Fsp3) is 0.538. The molecule has 1 N–H and O–H groups in total. The average molecular weight is 234 g/mol. The van der Waals surface area contributed by atoms with E-state index in [9.17, 15) is 0 Å². The van der Waals surface area contributed by atoms with Crippen LogP contribution in [-0.4, -0.2) is 23.5 Å². The molecular formula is C13H18N2S. The van der Waals surface area contributed by atoms with Crippen LogP contribution in [0.25, 0.3) is 10.2 Å². The van der Waals surface area contributed by atoms with Crippen molar-refractivity contribution in [2.24, 2.45) is 0 Å². The molecule has 0 saturated carbocycles. The summed E-state index contributed by atoms with van der Waals surface area (Å²) in [5, 5.41) is 0. The minimum Gasteiger partial charge on any atom is -0.357 e. The molecule has 0 aliphatic carbocycles. The van der Waals surface area contributed by atoms with Crippen LogP contribution in [0.2, 0.25) is 0 Å². The van der Waals surface area contributed by atoms with Crippen molar-refractivity contribution >= 4 is 21.6 Å². The highest BCUT2D eigenvalue weighted by atomic mass is 32.1. The minimum absolute atomic E-state index is 1.11. The Hall–Kier alpha value is -0.800. The second-order valence-corrected chi connectivity index (χ2v) is 5.99. The van der Waals surface area contributed by atoms with Crippen molar-refractivity contribution in [3.8, 4) is 0 Å². The fourth-order valence-corrected chi connectivity index (χ4v) is 4.01. The summed E-state index contributed by atoms with van der Waals surface area (Å²) in [5.41, 5.74) is 5.98. The highest BCUT2D eigenvalue weighted by Gasteiger charge is 2.21. The standard InChI is InChI=1S/C13H18N2S/c1-4-9-8(2)16-13-10-7-15(3)6-5-11(10)14-12(9)13/h14H,4-7H2,1-3H3. The van der Waals surface area contributed by atoms with Gasteiger partial charge in [-0.25, -0.2) is 0 Å². The summed E-state index contributed by atoms with van der Waals surface area (Å²) < 4.78 is 1.51. The summed E-state index contributed by atoms with van der Waals surface area (Å²) in [7, 11) is 2.21. The molecule has 0 spiro atoms. The van der Waals surface area contributed by atoms with E-state index in [-0.39, 0.29) is 0 Å². The Labute approximate surface area is 100 Å². The number of aryl methyl sites for hydroxylation is 2. The molecule has 16 heavy (non-hydrogen) atoms. The van der Waals surface area contributed by atoms with E-state index in [0.717, 1.165) is 13.0 Å². The van der Waals surface area contributed by atoms with Crippen LogP contribution >= 0.6 is 11.3 Å². The first-order chi connectivity index (χ1) is 7.70. The first kappa shape index (κ1) is 10.4. The molecule has 2 aromatic rings. The molecule has 3 heteroatoms. The third kappa shape index (κ3) is 1.35. The maximum atomic E-state index is 3.66. The summed E-state index contributed by atoms with van der Waals surface area (Å²) in [6.45, 7) is 6.79. The number of rotatable bonds is 1. The normalized spacial score (nSPS) is 16.9. The summed E-state index contributed by atoms with van der Waals surface area (Å²) in [6.07, 6.45) is 2.32. The molecule has 0 unspecified atom stereocenters. The smallest absolute Gasteiger partial charge is 0.0604 e. The van der Waals surface area contributed by atoms with E-state index >= 15 is 0 Å². The number of fused-ring (bicyclic) bond motifs is 3. The third-order valence-electron chi connectivity index (χ3n) is 3.65. The van der Waals surface area contributed by atoms with Crippen LogP contribution in [0.4, 0.5) is 0 Å². The number of hydrogen-bond acceptors (Lipinski definition) is 2. The molecule has 86 valence electrons. The van der Waals surface area contributed by atoms with Gasteiger partial charge in [-0.1, -0.05) is 6.92 Å². The SMILES string of the molecule is CCc1c(C)sc2c3c([nH]c12)CCN(C)C3. The molecule has 1 aliphatic heterocycles. The largest absolute Gasteiger partial charge is 0.357 e. The number of hydrogen-bond donors (Lipinski definition) is 1. The van der Waals surface area contributed by atoms with E-state index in [1.165, 1.54) is 39.3 Å². The maximum Gasteiger partial charge on any atom is 0.0604 e. The Balaban J connectivity index is 2.24. The van der Waals surface area contributed by atoms with Gasteiger partial charge in [0.15, 0.2) is 0 Å². The van der Waals surface area contributed by atoms with Crippen LogP contribution in [-0.2, 0) is 19.4 Å². The Morgan fingerprint density at radius 1 is 1.44 bits per heavy atom. The van der Waals surface area contributed by atoms with Gasteiger partial charge in [-0.2, -0.15) is 0 Å². The Morgan fingerprint density at radius 2 is 2.25 bits per heavy atom. The van der Waals surface area contributed by atoms with Crippen molar-refractivity contribution in [3.63, 3.8) is 0 Å². The lowest BCUT2D eigenvalue weighted by Crippen LogP contribution is -2.25. The first-order valence-corrected chi connectivity index (χ1v) is 6.82. The van der Waals surface area contributed by atoms with Crippen molar-refractivity contribution in [2.45, 2.75) is 33.2 Å². The van der Waals surface area contributed by atoms with Crippen molar-refractivity contribution < 1.29 is 0 Å². The summed E-state index contributed by atoms with van der Waals surface area (Å²) in [4.78, 5) is 7.56. The quantitative estimate of drug-likeness (QED) is 0.803. The van der Waals surface area contributed by atoms with Crippen LogP contribution < -0.4 is 0 Å². The minimum atomic E-state index is 1.11.